The lowest BCUT2D eigenvalue weighted by Gasteiger charge is -2.24. The van der Waals surface area contributed by atoms with E-state index in [0.717, 1.165) is 42.4 Å². The first kappa shape index (κ1) is 23.3. The van der Waals surface area contributed by atoms with Crippen LogP contribution in [0.3, 0.4) is 0 Å². The number of carbonyl (C=O) groups is 2. The summed E-state index contributed by atoms with van der Waals surface area (Å²) < 4.78 is 44.7. The first-order valence-corrected chi connectivity index (χ1v) is 11.3. The standard InChI is InChI=1S/C22H18ClF3N2O4S/c23-17-6-3-13(22(24,25)26)10-16(17)18-11-33-21(27-18)28(14-4-5-14)20(31)12(9-19(29)30)8-15-2-1-7-32-15/h1-3,6-7,10-12,14H,4-5,8-9H2,(H,29,30). The third-order valence-corrected chi connectivity index (χ3v) is 6.38. The maximum absolute atomic E-state index is 13.4. The van der Waals surface area contributed by atoms with Crippen LogP contribution in [0, 0.1) is 5.92 Å². The molecule has 1 unspecified atom stereocenters. The lowest BCUT2D eigenvalue weighted by molar-refractivity contribution is -0.140. The van der Waals surface area contributed by atoms with Gasteiger partial charge in [0.15, 0.2) is 5.13 Å². The number of alkyl halides is 3. The van der Waals surface area contributed by atoms with Crippen molar-refractivity contribution >= 4 is 39.9 Å². The SMILES string of the molecule is O=C(O)CC(Cc1ccco1)C(=O)N(c1nc(-c2cc(C(F)(F)F)ccc2Cl)cs1)C1CC1. The highest BCUT2D eigenvalue weighted by Crippen LogP contribution is 2.40. The summed E-state index contributed by atoms with van der Waals surface area (Å²) in [5.41, 5.74) is -0.535. The molecule has 0 spiro atoms. The number of furan rings is 1. The van der Waals surface area contributed by atoms with Crippen molar-refractivity contribution in [2.45, 2.75) is 37.9 Å². The van der Waals surface area contributed by atoms with E-state index in [4.69, 9.17) is 16.0 Å². The van der Waals surface area contributed by atoms with Crippen molar-refractivity contribution in [1.82, 2.24) is 4.98 Å². The van der Waals surface area contributed by atoms with Gasteiger partial charge in [0, 0.05) is 23.4 Å². The Morgan fingerprint density at radius 1 is 1.30 bits per heavy atom. The fourth-order valence-corrected chi connectivity index (χ4v) is 4.60. The van der Waals surface area contributed by atoms with E-state index in [0.29, 0.717) is 10.9 Å². The van der Waals surface area contributed by atoms with Crippen molar-refractivity contribution < 1.29 is 32.3 Å². The first-order valence-electron chi connectivity index (χ1n) is 10.0. The van der Waals surface area contributed by atoms with E-state index in [9.17, 15) is 27.9 Å². The van der Waals surface area contributed by atoms with Gasteiger partial charge in [-0.3, -0.25) is 14.5 Å². The van der Waals surface area contributed by atoms with Crippen LogP contribution in [0.15, 0.2) is 46.4 Å². The van der Waals surface area contributed by atoms with Crippen molar-refractivity contribution in [2.24, 2.45) is 5.92 Å². The third kappa shape index (κ3) is 5.39. The molecular formula is C22H18ClF3N2O4S. The molecule has 33 heavy (non-hydrogen) atoms. The van der Waals surface area contributed by atoms with Crippen molar-refractivity contribution in [3.8, 4) is 11.3 Å². The summed E-state index contributed by atoms with van der Waals surface area (Å²) in [5, 5.41) is 11.3. The second-order valence-corrected chi connectivity index (χ2v) is 8.97. The minimum atomic E-state index is -4.54. The zero-order valence-electron chi connectivity index (χ0n) is 17.0. The first-order chi connectivity index (χ1) is 15.6. The van der Waals surface area contributed by atoms with Crippen LogP contribution in [0.4, 0.5) is 18.3 Å². The Morgan fingerprint density at radius 3 is 2.67 bits per heavy atom. The molecule has 1 aromatic carbocycles. The second kappa shape index (κ2) is 9.18. The van der Waals surface area contributed by atoms with Gasteiger partial charge in [-0.15, -0.1) is 11.3 Å². The minimum absolute atomic E-state index is 0.103. The Morgan fingerprint density at radius 2 is 2.06 bits per heavy atom. The van der Waals surface area contributed by atoms with E-state index in [1.165, 1.54) is 16.5 Å². The predicted octanol–water partition coefficient (Wildman–Crippen LogP) is 5.90. The molecule has 2 aromatic heterocycles. The van der Waals surface area contributed by atoms with Crippen LogP contribution in [-0.4, -0.2) is 28.0 Å². The molecule has 1 saturated carbocycles. The third-order valence-electron chi connectivity index (χ3n) is 5.22. The molecule has 0 aliphatic heterocycles. The smallest absolute Gasteiger partial charge is 0.416 e. The number of hydrogen-bond donors (Lipinski definition) is 1. The fourth-order valence-electron chi connectivity index (χ4n) is 3.49. The number of rotatable bonds is 8. The Balaban J connectivity index is 1.64. The number of carboxylic acids is 1. The summed E-state index contributed by atoms with van der Waals surface area (Å²) in [5.74, 6) is -1.92. The summed E-state index contributed by atoms with van der Waals surface area (Å²) in [6.07, 6.45) is -1.91. The van der Waals surface area contributed by atoms with E-state index in [2.05, 4.69) is 4.98 Å². The van der Waals surface area contributed by atoms with E-state index >= 15 is 0 Å². The minimum Gasteiger partial charge on any atom is -0.481 e. The van der Waals surface area contributed by atoms with Gasteiger partial charge >= 0.3 is 12.1 Å². The molecule has 1 aliphatic rings. The molecule has 0 saturated heterocycles. The molecular weight excluding hydrogens is 481 g/mol. The van der Waals surface area contributed by atoms with E-state index < -0.39 is 29.5 Å². The molecule has 1 N–H and O–H groups in total. The summed E-state index contributed by atoms with van der Waals surface area (Å²) in [6, 6.07) is 6.16. The highest BCUT2D eigenvalue weighted by Gasteiger charge is 2.39. The maximum Gasteiger partial charge on any atom is 0.416 e. The van der Waals surface area contributed by atoms with Crippen molar-refractivity contribution in [3.05, 3.63) is 58.3 Å². The van der Waals surface area contributed by atoms with Gasteiger partial charge in [0.25, 0.3) is 0 Å². The van der Waals surface area contributed by atoms with Gasteiger partial charge < -0.3 is 9.52 Å². The molecule has 0 bridgehead atoms. The van der Waals surface area contributed by atoms with Crippen LogP contribution in [0.2, 0.25) is 5.02 Å². The summed E-state index contributed by atoms with van der Waals surface area (Å²) >= 11 is 7.23. The lowest BCUT2D eigenvalue weighted by Crippen LogP contribution is -2.39. The predicted molar refractivity (Wildman–Crippen MR) is 116 cm³/mol. The maximum atomic E-state index is 13.4. The number of halogens is 4. The highest BCUT2D eigenvalue weighted by atomic mass is 35.5. The lowest BCUT2D eigenvalue weighted by atomic mass is 9.98. The molecule has 1 atom stereocenters. The molecule has 1 amide bonds. The Labute approximate surface area is 195 Å². The van der Waals surface area contributed by atoms with Gasteiger partial charge in [0.2, 0.25) is 5.91 Å². The van der Waals surface area contributed by atoms with Crippen molar-refractivity contribution in [3.63, 3.8) is 0 Å². The number of anilines is 1. The van der Waals surface area contributed by atoms with Crippen LogP contribution in [0.1, 0.15) is 30.6 Å². The zero-order valence-corrected chi connectivity index (χ0v) is 18.6. The van der Waals surface area contributed by atoms with Crippen LogP contribution < -0.4 is 4.90 Å². The number of carbonyl (C=O) groups excluding carboxylic acids is 1. The Hall–Kier alpha value is -2.85. The molecule has 11 heteroatoms. The summed E-state index contributed by atoms with van der Waals surface area (Å²) in [6.45, 7) is 0. The summed E-state index contributed by atoms with van der Waals surface area (Å²) in [4.78, 5) is 30.7. The molecule has 0 radical (unpaired) electrons. The number of thiazole rings is 1. The van der Waals surface area contributed by atoms with E-state index in [1.54, 1.807) is 12.1 Å². The topological polar surface area (TPSA) is 83.6 Å². The number of aromatic nitrogens is 1. The Bertz CT molecular complexity index is 1160. The number of aliphatic carboxylic acids is 1. The van der Waals surface area contributed by atoms with Gasteiger partial charge in [0.1, 0.15) is 5.76 Å². The fraction of sp³-hybridized carbons (Fsp3) is 0.318. The molecule has 174 valence electrons. The van der Waals surface area contributed by atoms with Crippen LogP contribution in [0.25, 0.3) is 11.3 Å². The number of amides is 1. The van der Waals surface area contributed by atoms with Crippen molar-refractivity contribution in [2.75, 3.05) is 4.90 Å². The average Bonchev–Trinajstić information content (AvgIpc) is 3.21. The van der Waals surface area contributed by atoms with Crippen molar-refractivity contribution in [1.29, 1.82) is 0 Å². The number of benzene rings is 1. The van der Waals surface area contributed by atoms with E-state index in [-0.39, 0.29) is 35.2 Å². The van der Waals surface area contributed by atoms with Gasteiger partial charge in [-0.2, -0.15) is 13.2 Å². The molecule has 3 aromatic rings. The van der Waals surface area contributed by atoms with Gasteiger partial charge in [0.05, 0.1) is 34.9 Å². The van der Waals surface area contributed by atoms with Gasteiger partial charge in [-0.25, -0.2) is 4.98 Å². The largest absolute Gasteiger partial charge is 0.481 e. The number of carboxylic acid groups (broad SMARTS) is 1. The van der Waals surface area contributed by atoms with Crippen LogP contribution >= 0.6 is 22.9 Å². The second-order valence-electron chi connectivity index (χ2n) is 7.73. The zero-order chi connectivity index (χ0) is 23.8. The molecule has 1 fully saturated rings. The average molecular weight is 499 g/mol. The van der Waals surface area contributed by atoms with Crippen LogP contribution in [-0.2, 0) is 22.2 Å². The quantitative estimate of drug-likeness (QED) is 0.418. The monoisotopic (exact) mass is 498 g/mol. The molecule has 6 nitrogen and oxygen atoms in total. The van der Waals surface area contributed by atoms with Gasteiger partial charge in [-0.05, 0) is 43.2 Å². The number of nitrogens with zero attached hydrogens (tertiary/aromatic N) is 2. The highest BCUT2D eigenvalue weighted by molar-refractivity contribution is 7.14. The Kier molecular flexibility index (Phi) is 6.49. The molecule has 2 heterocycles. The summed E-state index contributed by atoms with van der Waals surface area (Å²) in [7, 11) is 0. The molecule has 1 aliphatic carbocycles. The number of hydrogen-bond acceptors (Lipinski definition) is 5. The normalized spacial score (nSPS) is 14.8. The van der Waals surface area contributed by atoms with Crippen LogP contribution in [0.5, 0.6) is 0 Å². The van der Waals surface area contributed by atoms with E-state index in [1.807, 2.05) is 0 Å². The molecule has 4 rings (SSSR count). The van der Waals surface area contributed by atoms with Gasteiger partial charge in [-0.1, -0.05) is 11.6 Å².